The quantitative estimate of drug-likeness (QED) is 0.0203. The van der Waals surface area contributed by atoms with E-state index in [0.29, 0.717) is 40.4 Å². The first kappa shape index (κ1) is 87.1. The number of aromatic hydroxyl groups is 1. The van der Waals surface area contributed by atoms with Gasteiger partial charge < -0.3 is 96.2 Å². The van der Waals surface area contributed by atoms with Gasteiger partial charge in [-0.2, -0.15) is 0 Å². The molecular weight excluding hydrogens is 1380 g/mol. The van der Waals surface area contributed by atoms with Crippen LogP contribution in [0.2, 0.25) is 0 Å². The molecule has 104 heavy (non-hydrogen) atoms. The molecule has 0 spiro atoms. The number of rotatable bonds is 51. The Balaban J connectivity index is 1.57. The van der Waals surface area contributed by atoms with Crippen LogP contribution in [0, 0.1) is 0 Å². The number of phenols is 1. The second-order valence-electron chi connectivity index (χ2n) is 25.3. The molecule has 3 aromatic carbocycles. The van der Waals surface area contributed by atoms with Crippen LogP contribution < -0.4 is 81.0 Å². The number of carbonyl (C=O) groups is 13. The van der Waals surface area contributed by atoms with Crippen LogP contribution in [0.4, 0.5) is 0 Å². The molecule has 0 fully saturated rings. The smallest absolute Gasteiger partial charge is 0.244 e. The van der Waals surface area contributed by atoms with Gasteiger partial charge in [0.05, 0.1) is 37.0 Å². The zero-order valence-corrected chi connectivity index (χ0v) is 61.3. The van der Waals surface area contributed by atoms with Gasteiger partial charge in [-0.3, -0.25) is 62.3 Å². The number of nitrogens with one attached hydrogen (secondary N) is 13. The first-order valence-corrected chi connectivity index (χ1v) is 37.5. The molecule has 4 rings (SSSR count). The number of aromatic amines is 1. The molecule has 0 radical (unpaired) electrons. The molecule has 0 aliphatic heterocycles. The Labute approximate surface area is 615 Å². The predicted octanol–water partition coefficient (Wildman–Crippen LogP) is -0.0694. The van der Waals surface area contributed by atoms with Gasteiger partial charge in [-0.15, -0.1) is 23.5 Å². The van der Waals surface area contributed by atoms with E-state index in [1.165, 1.54) is 70.7 Å². The molecule has 0 saturated heterocycles. The van der Waals surface area contributed by atoms with Gasteiger partial charge in [-0.1, -0.05) is 119 Å². The van der Waals surface area contributed by atoms with E-state index in [1.807, 2.05) is 0 Å². The summed E-state index contributed by atoms with van der Waals surface area (Å²) in [7, 11) is 0. The maximum absolute atomic E-state index is 15.2. The maximum atomic E-state index is 15.2. The molecule has 572 valence electrons. The lowest BCUT2D eigenvalue weighted by molar-refractivity contribution is -0.135. The summed E-state index contributed by atoms with van der Waals surface area (Å²) < 4.78 is 0. The molecule has 1 unspecified atom stereocenters. The molecule has 0 aliphatic rings. The number of primary amides is 1. The van der Waals surface area contributed by atoms with E-state index in [2.05, 4.69) is 75.7 Å². The molecule has 0 aliphatic carbocycles. The predicted molar refractivity (Wildman–Crippen MR) is 397 cm³/mol. The van der Waals surface area contributed by atoms with Gasteiger partial charge in [0.25, 0.3) is 0 Å². The minimum atomic E-state index is -1.58. The number of hydrogen-bond donors (Lipinski definition) is 18. The molecule has 31 nitrogen and oxygen atoms in total. The highest BCUT2D eigenvalue weighted by Gasteiger charge is 2.36. The van der Waals surface area contributed by atoms with Gasteiger partial charge >= 0.3 is 0 Å². The van der Waals surface area contributed by atoms with Crippen LogP contribution in [-0.2, 0) is 81.6 Å². The van der Waals surface area contributed by atoms with Crippen molar-refractivity contribution in [2.45, 2.75) is 191 Å². The summed E-state index contributed by atoms with van der Waals surface area (Å²) in [6.45, 7) is 5.21. The summed E-state index contributed by atoms with van der Waals surface area (Å²) in [6.07, 6.45) is 9.96. The molecule has 33 heteroatoms. The highest BCUT2D eigenvalue weighted by atomic mass is 32.2. The Kier molecular flexibility index (Phi) is 40.7. The van der Waals surface area contributed by atoms with Gasteiger partial charge in [0, 0.05) is 74.7 Å². The molecule has 4 aromatic rings. The van der Waals surface area contributed by atoms with Crippen molar-refractivity contribution < 1.29 is 72.5 Å². The van der Waals surface area contributed by atoms with Crippen molar-refractivity contribution in [2.24, 2.45) is 17.2 Å². The Hall–Kier alpha value is -9.31. The number of para-hydroxylation sites is 1. The topological polar surface area (TPSA) is 501 Å². The highest BCUT2D eigenvalue weighted by molar-refractivity contribution is 7.99. The third-order valence-corrected chi connectivity index (χ3v) is 18.3. The Morgan fingerprint density at radius 3 is 1.55 bits per heavy atom. The normalized spacial score (nSPS) is 13.6. The summed E-state index contributed by atoms with van der Waals surface area (Å²) in [5.41, 5.74) is 19.6. The van der Waals surface area contributed by atoms with Crippen molar-refractivity contribution in [3.8, 4) is 5.75 Å². The fourth-order valence-electron chi connectivity index (χ4n) is 10.7. The third kappa shape index (κ3) is 34.3. The molecule has 21 N–H and O–H groups in total. The number of aromatic nitrogens is 1. The fourth-order valence-corrected chi connectivity index (χ4v) is 12.5. The van der Waals surface area contributed by atoms with Gasteiger partial charge in [0.15, 0.2) is 0 Å². The highest BCUT2D eigenvalue weighted by Crippen LogP contribution is 2.21. The van der Waals surface area contributed by atoms with E-state index in [1.54, 1.807) is 60.8 Å². The molecular formula is C71H106N16O15S2. The molecule has 9 atom stereocenters. The summed E-state index contributed by atoms with van der Waals surface area (Å²) in [4.78, 5) is 179. The maximum Gasteiger partial charge on any atom is 0.244 e. The number of amides is 13. The minimum absolute atomic E-state index is 0.00592. The molecule has 13 amide bonds. The van der Waals surface area contributed by atoms with Crippen molar-refractivity contribution in [3.05, 3.63) is 102 Å². The zero-order valence-electron chi connectivity index (χ0n) is 59.7. The number of aliphatic hydroxyl groups is 1. The first-order chi connectivity index (χ1) is 49.8. The van der Waals surface area contributed by atoms with Crippen LogP contribution in [0.5, 0.6) is 5.75 Å². The lowest BCUT2D eigenvalue weighted by atomic mass is 10.0. The van der Waals surface area contributed by atoms with Crippen LogP contribution in [0.15, 0.2) is 85.1 Å². The minimum Gasteiger partial charge on any atom is -0.508 e. The number of H-pyrrole nitrogens is 1. The van der Waals surface area contributed by atoms with Gasteiger partial charge in [0.2, 0.25) is 76.8 Å². The zero-order chi connectivity index (χ0) is 76.3. The molecule has 1 heterocycles. The Morgan fingerprint density at radius 2 is 0.971 bits per heavy atom. The summed E-state index contributed by atoms with van der Waals surface area (Å²) in [5.74, 6) is -10.2. The summed E-state index contributed by atoms with van der Waals surface area (Å²) in [5, 5.41) is 52.6. The van der Waals surface area contributed by atoms with Gasteiger partial charge in [-0.05, 0) is 80.5 Å². The van der Waals surface area contributed by atoms with Crippen LogP contribution in [0.25, 0.3) is 10.9 Å². The summed E-state index contributed by atoms with van der Waals surface area (Å²) in [6, 6.07) is 10.2. The van der Waals surface area contributed by atoms with Crippen molar-refractivity contribution in [1.82, 2.24) is 68.8 Å². The number of hydrogen-bond acceptors (Lipinski definition) is 19. The van der Waals surface area contributed by atoms with Crippen molar-refractivity contribution in [2.75, 3.05) is 49.4 Å². The first-order valence-electron chi connectivity index (χ1n) is 35.2. The van der Waals surface area contributed by atoms with Gasteiger partial charge in [0.1, 0.15) is 48.0 Å². The SMILES string of the molecule is CCCCCCCCCCC(N)C(=O)NCCCC(=O)NCC(=O)NCC(=O)N[C@H](Cc1ccccc1)C(=O)N[C@@H](CSCNC(C)=O)C(=O)N[C@@H](Cc1ccc(O)cc1)C(=O)N[C@H](Cc1c[nH]c2ccccc12)C(=O)N[C@@H](CCCCN)C(=O)N[C@@H](CSCNC(C)=O)C(=O)N[C@H](C(N)=O)[C@@H](C)O. The number of thioether (sulfide) groups is 2. The number of carbonyl (C=O) groups excluding carboxylic acids is 13. The standard InChI is InChI=1S/C71H106N16O15S2/c1-5-6-7-8-9-10-11-15-24-52(73)65(96)75-33-20-27-60(92)77-38-61(93)78-39-62(94)81-55(34-47-21-13-12-14-22-47)67(98)86-58(40-103-42-79-45(3)89)70(101)83-56(35-48-28-30-50(91)31-29-48)68(99)84-57(36-49-37-76-53-25-17-16-23-51(49)53)69(100)82-54(26-18-19-32-72)66(97)85-59(41-104-43-80-46(4)90)71(102)87-63(44(2)88)64(74)95/h12-14,16-17,21-23,25,28-31,37,44,52,54-59,63,76,88,91H,5-11,15,18-20,24,26-27,32-36,38-43,72-73H2,1-4H3,(H2,74,95)(H,75,96)(H,77,92)(H,78,93)(H,79,89)(H,80,90)(H,81,94)(H,82,100)(H,83,101)(H,84,99)(H,85,97)(H,86,98)(H,87,102)/t44-,52?,54+,55-,56+,57-,58+,59+,63+/m1/s1. The molecule has 0 saturated carbocycles. The van der Waals surface area contributed by atoms with Crippen molar-refractivity contribution in [1.29, 1.82) is 0 Å². The molecule has 0 bridgehead atoms. The second-order valence-corrected chi connectivity index (χ2v) is 27.3. The lowest BCUT2D eigenvalue weighted by Gasteiger charge is -2.28. The van der Waals surface area contributed by atoms with Crippen LogP contribution in [0.3, 0.4) is 0 Å². The number of fused-ring (bicyclic) bond motifs is 1. The van der Waals surface area contributed by atoms with E-state index in [-0.39, 0.29) is 98.9 Å². The van der Waals surface area contributed by atoms with E-state index in [9.17, 15) is 63.0 Å². The second kappa shape index (κ2) is 48.6. The average molecular weight is 1490 g/mol. The number of aliphatic hydroxyl groups excluding tert-OH is 1. The summed E-state index contributed by atoms with van der Waals surface area (Å²) >= 11 is 2.06. The Bertz CT molecular complexity index is 3420. The van der Waals surface area contributed by atoms with Gasteiger partial charge in [-0.25, -0.2) is 0 Å². The van der Waals surface area contributed by atoms with E-state index >= 15 is 9.59 Å². The average Bonchev–Trinajstić information content (AvgIpc) is 1.68. The monoisotopic (exact) mass is 1490 g/mol. The van der Waals surface area contributed by atoms with Crippen molar-refractivity contribution >= 4 is 111 Å². The van der Waals surface area contributed by atoms with E-state index < -0.39 is 133 Å². The van der Waals surface area contributed by atoms with E-state index in [0.717, 1.165) is 49.2 Å². The fraction of sp³-hybridized carbons (Fsp3) is 0.535. The Morgan fingerprint density at radius 1 is 0.490 bits per heavy atom. The third-order valence-electron chi connectivity index (χ3n) is 16.5. The largest absolute Gasteiger partial charge is 0.508 e. The van der Waals surface area contributed by atoms with Crippen LogP contribution in [0.1, 0.15) is 134 Å². The van der Waals surface area contributed by atoms with Crippen LogP contribution >= 0.6 is 23.5 Å². The number of unbranched alkanes of at least 4 members (excludes halogenated alkanes) is 8. The van der Waals surface area contributed by atoms with Crippen LogP contribution in [-0.4, -0.2) is 196 Å². The van der Waals surface area contributed by atoms with E-state index in [4.69, 9.17) is 17.2 Å². The number of phenolic OH excluding ortho intramolecular Hbond substituents is 1. The van der Waals surface area contributed by atoms with Crippen molar-refractivity contribution in [3.63, 3.8) is 0 Å². The molecule has 1 aromatic heterocycles. The lowest BCUT2D eigenvalue weighted by Crippen LogP contribution is -2.61. The number of benzene rings is 3. The number of nitrogens with two attached hydrogens (primary N) is 3.